The minimum absolute atomic E-state index is 0.0521. The Labute approximate surface area is 141 Å². The molecule has 2 unspecified atom stereocenters. The van der Waals surface area contributed by atoms with Crippen LogP contribution < -0.4 is 5.32 Å². The van der Waals surface area contributed by atoms with Crippen molar-refractivity contribution in [3.05, 3.63) is 45.0 Å². The van der Waals surface area contributed by atoms with E-state index in [9.17, 15) is 5.11 Å². The average Bonchev–Trinajstić information content (AvgIpc) is 3.28. The third kappa shape index (κ3) is 2.97. The van der Waals surface area contributed by atoms with Gasteiger partial charge in [0, 0.05) is 23.2 Å². The Hall–Kier alpha value is -2.25. The molecule has 2 atom stereocenters. The molecule has 0 spiro atoms. The van der Waals surface area contributed by atoms with Crippen molar-refractivity contribution in [2.24, 2.45) is 15.9 Å². The third-order valence-electron chi connectivity index (χ3n) is 3.65. The highest BCUT2D eigenvalue weighted by atomic mass is 32.1. The molecule has 7 heteroatoms. The van der Waals surface area contributed by atoms with Crippen LogP contribution in [0.4, 0.5) is 5.13 Å². The largest absolute Gasteiger partial charge is 0.492 e. The molecule has 0 amide bonds. The summed E-state index contributed by atoms with van der Waals surface area (Å²) in [5, 5.41) is 16.1. The lowest BCUT2D eigenvalue weighted by Gasteiger charge is -2.13. The van der Waals surface area contributed by atoms with Crippen LogP contribution in [0, 0.1) is 5.92 Å². The summed E-state index contributed by atoms with van der Waals surface area (Å²) in [5.74, 6) is 0.209. The van der Waals surface area contributed by atoms with Gasteiger partial charge in [0.25, 0.3) is 0 Å². The molecule has 0 saturated heterocycles. The van der Waals surface area contributed by atoms with Gasteiger partial charge in [0.2, 0.25) is 5.88 Å². The predicted molar refractivity (Wildman–Crippen MR) is 96.8 cm³/mol. The Morgan fingerprint density at radius 1 is 1.35 bits per heavy atom. The molecule has 5 nitrogen and oxygen atoms in total. The molecule has 2 aromatic rings. The Morgan fingerprint density at radius 3 is 3.17 bits per heavy atom. The van der Waals surface area contributed by atoms with E-state index in [-0.39, 0.29) is 18.0 Å². The number of allylic oxidation sites excluding steroid dienone is 1. The summed E-state index contributed by atoms with van der Waals surface area (Å²) in [6.07, 6.45) is 9.52. The van der Waals surface area contributed by atoms with E-state index in [1.54, 1.807) is 17.6 Å². The average molecular weight is 342 g/mol. The molecule has 116 valence electrons. The lowest BCUT2D eigenvalue weighted by atomic mass is 9.97. The third-order valence-corrected chi connectivity index (χ3v) is 5.48. The number of aromatic hydroxyl groups is 1. The summed E-state index contributed by atoms with van der Waals surface area (Å²) in [6.45, 7) is 0.713. The summed E-state index contributed by atoms with van der Waals surface area (Å²) >= 11 is 3.13. The van der Waals surface area contributed by atoms with E-state index in [2.05, 4.69) is 32.4 Å². The number of thiophene rings is 1. The Kier molecular flexibility index (Phi) is 3.80. The fourth-order valence-corrected chi connectivity index (χ4v) is 3.98. The van der Waals surface area contributed by atoms with Crippen molar-refractivity contribution >= 4 is 46.3 Å². The van der Waals surface area contributed by atoms with Gasteiger partial charge >= 0.3 is 0 Å². The van der Waals surface area contributed by atoms with Crippen LogP contribution in [0.1, 0.15) is 9.75 Å². The van der Waals surface area contributed by atoms with Crippen molar-refractivity contribution in [2.75, 3.05) is 5.32 Å². The van der Waals surface area contributed by atoms with Crippen LogP contribution in [0.15, 0.2) is 45.2 Å². The van der Waals surface area contributed by atoms with E-state index in [0.29, 0.717) is 11.7 Å². The Bertz CT molecular complexity index is 817. The first-order valence-corrected chi connectivity index (χ1v) is 8.90. The van der Waals surface area contributed by atoms with Gasteiger partial charge in [0.15, 0.2) is 5.13 Å². The van der Waals surface area contributed by atoms with Crippen LogP contribution in [0.25, 0.3) is 6.08 Å². The minimum Gasteiger partial charge on any atom is -0.492 e. The van der Waals surface area contributed by atoms with Crippen LogP contribution in [0.5, 0.6) is 5.88 Å². The van der Waals surface area contributed by atoms with Gasteiger partial charge < -0.3 is 10.4 Å². The number of thiazole rings is 1. The molecule has 4 rings (SSSR count). The van der Waals surface area contributed by atoms with E-state index < -0.39 is 0 Å². The minimum atomic E-state index is -0.0576. The van der Waals surface area contributed by atoms with Crippen molar-refractivity contribution in [3.63, 3.8) is 0 Å². The molecule has 0 aromatic carbocycles. The molecule has 0 bridgehead atoms. The number of rotatable bonds is 4. The van der Waals surface area contributed by atoms with Gasteiger partial charge in [-0.3, -0.25) is 9.98 Å². The summed E-state index contributed by atoms with van der Waals surface area (Å²) in [7, 11) is 0. The van der Waals surface area contributed by atoms with Crippen molar-refractivity contribution in [1.82, 2.24) is 4.98 Å². The Balaban J connectivity index is 1.51. The molecule has 0 fully saturated rings. The maximum absolute atomic E-state index is 10.1. The maximum atomic E-state index is 10.1. The second-order valence-corrected chi connectivity index (χ2v) is 7.25. The second kappa shape index (κ2) is 6.10. The topological polar surface area (TPSA) is 69.9 Å². The molecule has 2 aliphatic heterocycles. The van der Waals surface area contributed by atoms with E-state index in [4.69, 9.17) is 0 Å². The van der Waals surface area contributed by atoms with Crippen molar-refractivity contribution in [3.8, 4) is 5.88 Å². The molecule has 0 saturated carbocycles. The Morgan fingerprint density at radius 2 is 2.30 bits per heavy atom. The van der Waals surface area contributed by atoms with Gasteiger partial charge in [0.1, 0.15) is 6.17 Å². The number of hydrogen-bond donors (Lipinski definition) is 2. The molecule has 4 heterocycles. The van der Waals surface area contributed by atoms with Gasteiger partial charge in [-0.2, -0.15) is 4.98 Å². The maximum Gasteiger partial charge on any atom is 0.231 e. The van der Waals surface area contributed by atoms with Gasteiger partial charge in [-0.1, -0.05) is 23.5 Å². The molecule has 23 heavy (non-hydrogen) atoms. The molecule has 2 aromatic heterocycles. The first-order valence-electron chi connectivity index (χ1n) is 7.20. The highest BCUT2D eigenvalue weighted by Gasteiger charge is 2.27. The van der Waals surface area contributed by atoms with Crippen LogP contribution >= 0.6 is 22.7 Å². The first kappa shape index (κ1) is 14.3. The van der Waals surface area contributed by atoms with Crippen molar-refractivity contribution < 1.29 is 5.11 Å². The van der Waals surface area contributed by atoms with Crippen LogP contribution in [-0.2, 0) is 6.54 Å². The fourth-order valence-electron chi connectivity index (χ4n) is 2.52. The van der Waals surface area contributed by atoms with E-state index in [0.717, 1.165) is 10.5 Å². The van der Waals surface area contributed by atoms with E-state index in [1.807, 2.05) is 29.8 Å². The zero-order chi connectivity index (χ0) is 15.6. The first-order chi connectivity index (χ1) is 11.3. The lowest BCUT2D eigenvalue weighted by molar-refractivity contribution is 0.456. The zero-order valence-electron chi connectivity index (χ0n) is 12.1. The van der Waals surface area contributed by atoms with Gasteiger partial charge in [-0.15, -0.1) is 11.3 Å². The summed E-state index contributed by atoms with van der Waals surface area (Å²) in [5.41, 5.74) is 1.05. The molecule has 2 N–H and O–H groups in total. The van der Waals surface area contributed by atoms with Crippen LogP contribution in [-0.4, -0.2) is 28.7 Å². The normalized spacial score (nSPS) is 23.6. The number of anilines is 1. The quantitative estimate of drug-likeness (QED) is 0.892. The van der Waals surface area contributed by atoms with Crippen LogP contribution in [0.2, 0.25) is 0 Å². The van der Waals surface area contributed by atoms with Crippen molar-refractivity contribution in [1.29, 1.82) is 0 Å². The van der Waals surface area contributed by atoms with Gasteiger partial charge in [0.05, 0.1) is 11.4 Å². The zero-order valence-corrected chi connectivity index (χ0v) is 13.7. The molecular formula is C16H14N4OS2. The summed E-state index contributed by atoms with van der Waals surface area (Å²) < 4.78 is 0. The van der Waals surface area contributed by atoms with Gasteiger partial charge in [-0.25, -0.2) is 0 Å². The number of aromatic nitrogens is 1. The predicted octanol–water partition coefficient (Wildman–Crippen LogP) is 3.57. The standard InChI is InChI=1S/C16H14N4OS2/c21-15-13(7-10-8-18-14-12(10)4-1-5-17-14)23-16(20-15)19-9-11-3-2-6-22-11/h1-8,12,14,21H,9H2,(H,19,20). The second-order valence-electron chi connectivity index (χ2n) is 5.18. The number of fused-ring (bicyclic) bond motifs is 1. The molecule has 0 radical (unpaired) electrons. The number of hydrogen-bond acceptors (Lipinski definition) is 7. The smallest absolute Gasteiger partial charge is 0.231 e. The van der Waals surface area contributed by atoms with Crippen molar-refractivity contribution in [2.45, 2.75) is 12.7 Å². The number of dihydropyridines is 1. The number of nitrogens with zero attached hydrogens (tertiary/aromatic N) is 3. The van der Waals surface area contributed by atoms with Crippen LogP contribution in [0.3, 0.4) is 0 Å². The SMILES string of the molecule is Oc1nc(NCc2cccs2)sc1C=C1C=NC2N=CC=CC12. The fraction of sp³-hybridized carbons (Fsp3) is 0.188. The van der Waals surface area contributed by atoms with Gasteiger partial charge in [-0.05, 0) is 29.2 Å². The lowest BCUT2D eigenvalue weighted by Crippen LogP contribution is -2.13. The highest BCUT2D eigenvalue weighted by Crippen LogP contribution is 2.34. The number of nitrogens with one attached hydrogen (secondary N) is 1. The molecule has 2 aliphatic rings. The number of aliphatic imine (C=N–C) groups is 2. The highest BCUT2D eigenvalue weighted by molar-refractivity contribution is 7.16. The summed E-state index contributed by atoms with van der Waals surface area (Å²) in [6, 6.07) is 4.09. The van der Waals surface area contributed by atoms with E-state index >= 15 is 0 Å². The monoisotopic (exact) mass is 342 g/mol. The summed E-state index contributed by atoms with van der Waals surface area (Å²) in [4.78, 5) is 14.9. The molecular weight excluding hydrogens is 328 g/mol. The van der Waals surface area contributed by atoms with E-state index in [1.165, 1.54) is 16.2 Å². The molecule has 0 aliphatic carbocycles.